The molecule has 0 aliphatic carbocycles. The molecule has 1 nitrogen and oxygen atoms in total. The molecule has 0 bridgehead atoms. The van der Waals surface area contributed by atoms with Gasteiger partial charge in [-0.3, -0.25) is 0 Å². The van der Waals surface area contributed by atoms with Crippen molar-refractivity contribution < 1.29 is 0 Å². The number of rotatable bonds is 4. The minimum atomic E-state index is -1.56. The van der Waals surface area contributed by atoms with Crippen molar-refractivity contribution in [2.75, 3.05) is 6.54 Å². The molecule has 0 amide bonds. The summed E-state index contributed by atoms with van der Waals surface area (Å²) in [6, 6.07) is 32.0. The number of hydrogen-bond donors (Lipinski definition) is 0. The lowest BCUT2D eigenvalue weighted by molar-refractivity contribution is 1.13. The summed E-state index contributed by atoms with van der Waals surface area (Å²) >= 11 is 0. The molecule has 0 aromatic heterocycles. The van der Waals surface area contributed by atoms with Crippen LogP contribution in [0.3, 0.4) is 0 Å². The topological polar surface area (TPSA) is 12.4 Å². The zero-order valence-corrected chi connectivity index (χ0v) is 13.5. The lowest BCUT2D eigenvalue weighted by Gasteiger charge is -2.18. The molecular weight excluding hydrogens is 286 g/mol. The molecule has 0 saturated heterocycles. The van der Waals surface area contributed by atoms with E-state index in [1.165, 1.54) is 14.7 Å². The molecule has 3 aromatic carbocycles. The van der Waals surface area contributed by atoms with E-state index in [0.29, 0.717) is 0 Å². The predicted molar refractivity (Wildman–Crippen MR) is 94.5 cm³/mol. The highest BCUT2D eigenvalue weighted by Gasteiger charge is 2.34. The summed E-state index contributed by atoms with van der Waals surface area (Å²) in [7, 11) is -1.56. The van der Waals surface area contributed by atoms with Crippen molar-refractivity contribution in [3.63, 3.8) is 0 Å². The monoisotopic (exact) mass is 306 g/mol. The van der Waals surface area contributed by atoms with Gasteiger partial charge in [-0.25, -0.2) is 0 Å². The first-order chi connectivity index (χ1) is 10.9. The Morgan fingerprint density at radius 1 is 0.591 bits per heavy atom. The molecule has 3 aromatic rings. The molecule has 0 radical (unpaired) electrons. The number of nitrogens with zero attached hydrogens (tertiary/aromatic N) is 1. The van der Waals surface area contributed by atoms with Crippen molar-refractivity contribution in [3.05, 3.63) is 91.0 Å². The largest absolute Gasteiger partial charge is 0.149 e. The van der Waals surface area contributed by atoms with E-state index in [9.17, 15) is 0 Å². The molecule has 3 rings (SSSR count). The van der Waals surface area contributed by atoms with Crippen molar-refractivity contribution >= 4 is 9.82 Å². The second-order valence-electron chi connectivity index (χ2n) is 4.96. The van der Waals surface area contributed by atoms with Gasteiger partial charge in [0, 0.05) is 0 Å². The normalized spacial score (nSPS) is 11.1. The molecule has 110 valence electrons. The van der Waals surface area contributed by atoms with Crippen molar-refractivity contribution in [2.24, 2.45) is 4.36 Å². The molecule has 0 aliphatic heterocycles. The molecule has 0 N–H and O–H groups in total. The highest BCUT2D eigenvalue weighted by atomic mass is 32.2. The summed E-state index contributed by atoms with van der Waals surface area (Å²) in [6.45, 7) is 2.92. The van der Waals surface area contributed by atoms with E-state index < -0.39 is 9.82 Å². The van der Waals surface area contributed by atoms with Gasteiger partial charge in [0.2, 0.25) is 0 Å². The fraction of sp³-hybridized carbons (Fsp3) is 0.100. The summed E-state index contributed by atoms with van der Waals surface area (Å²) in [6.07, 6.45) is 0. The van der Waals surface area contributed by atoms with Crippen LogP contribution in [0, 0.1) is 0 Å². The second-order valence-corrected chi connectivity index (χ2v) is 7.80. The third-order valence-electron chi connectivity index (χ3n) is 3.58. The van der Waals surface area contributed by atoms with Crippen LogP contribution in [-0.4, -0.2) is 6.54 Å². The standard InChI is InChI=1S/C20H20NS/c1-2-21-22(18-12-6-3-7-13-18,19-14-8-4-9-15-19)20-16-10-5-11-17-20/h3-17H,2H2,1H3/q+1. The van der Waals surface area contributed by atoms with E-state index in [2.05, 4.69) is 97.9 Å². The first-order valence-electron chi connectivity index (χ1n) is 7.55. The fourth-order valence-corrected chi connectivity index (χ4v) is 5.98. The minimum Gasteiger partial charge on any atom is -0.127 e. The van der Waals surface area contributed by atoms with E-state index in [-0.39, 0.29) is 0 Å². The fourth-order valence-electron chi connectivity index (χ4n) is 2.68. The zero-order valence-electron chi connectivity index (χ0n) is 12.7. The Balaban J connectivity index is 2.38. The van der Waals surface area contributed by atoms with E-state index >= 15 is 0 Å². The first kappa shape index (κ1) is 14.7. The molecule has 0 heterocycles. The molecule has 0 aliphatic rings. The molecule has 22 heavy (non-hydrogen) atoms. The van der Waals surface area contributed by atoms with Gasteiger partial charge in [0.25, 0.3) is 0 Å². The van der Waals surface area contributed by atoms with Crippen LogP contribution >= 0.6 is 0 Å². The Labute approximate surface area is 133 Å². The lowest BCUT2D eigenvalue weighted by Crippen LogP contribution is -2.14. The molecule has 2 heteroatoms. The Bertz CT molecular complexity index is 661. The average Bonchev–Trinajstić information content (AvgIpc) is 2.62. The Morgan fingerprint density at radius 3 is 1.18 bits per heavy atom. The van der Waals surface area contributed by atoms with Crippen LogP contribution in [0.1, 0.15) is 6.92 Å². The third-order valence-corrected chi connectivity index (χ3v) is 7.08. The minimum absolute atomic E-state index is 0.800. The van der Waals surface area contributed by atoms with Gasteiger partial charge in [0.1, 0.15) is 14.7 Å². The summed E-state index contributed by atoms with van der Waals surface area (Å²) in [4.78, 5) is 3.86. The van der Waals surface area contributed by atoms with Crippen LogP contribution in [0.4, 0.5) is 0 Å². The van der Waals surface area contributed by atoms with E-state index in [0.717, 1.165) is 6.54 Å². The molecule has 0 saturated carbocycles. The zero-order chi connectivity index (χ0) is 15.3. The van der Waals surface area contributed by atoms with Crippen molar-refractivity contribution in [3.8, 4) is 0 Å². The van der Waals surface area contributed by atoms with Gasteiger partial charge in [-0.15, -0.1) is 4.36 Å². The molecule has 0 fully saturated rings. The molecule has 0 atom stereocenters. The Morgan fingerprint density at radius 2 is 0.909 bits per heavy atom. The predicted octanol–water partition coefficient (Wildman–Crippen LogP) is 5.52. The van der Waals surface area contributed by atoms with Gasteiger partial charge in [-0.2, -0.15) is 0 Å². The van der Waals surface area contributed by atoms with Gasteiger partial charge in [0.15, 0.2) is 0 Å². The highest BCUT2D eigenvalue weighted by Crippen LogP contribution is 2.38. The highest BCUT2D eigenvalue weighted by molar-refractivity contribution is 8.05. The summed E-state index contributed by atoms with van der Waals surface area (Å²) in [5.41, 5.74) is 0. The van der Waals surface area contributed by atoms with Crippen molar-refractivity contribution in [2.45, 2.75) is 21.6 Å². The van der Waals surface area contributed by atoms with Crippen LogP contribution in [-0.2, 0) is 9.82 Å². The maximum absolute atomic E-state index is 5.15. The molecule has 0 spiro atoms. The van der Waals surface area contributed by atoms with Gasteiger partial charge < -0.3 is 0 Å². The quantitative estimate of drug-likeness (QED) is 0.563. The maximum Gasteiger partial charge on any atom is 0.149 e. The molecule has 0 unspecified atom stereocenters. The van der Waals surface area contributed by atoms with Crippen LogP contribution < -0.4 is 0 Å². The number of benzene rings is 3. The van der Waals surface area contributed by atoms with Gasteiger partial charge in [-0.05, 0) is 43.3 Å². The van der Waals surface area contributed by atoms with Crippen molar-refractivity contribution in [1.29, 1.82) is 0 Å². The van der Waals surface area contributed by atoms with E-state index in [1.54, 1.807) is 0 Å². The Kier molecular flexibility index (Phi) is 4.50. The smallest absolute Gasteiger partial charge is 0.127 e. The SMILES string of the molecule is CCN=[S+](c1ccccc1)(c1ccccc1)c1ccccc1. The van der Waals surface area contributed by atoms with Crippen molar-refractivity contribution in [1.82, 2.24) is 0 Å². The Hall–Kier alpha value is -2.19. The van der Waals surface area contributed by atoms with Crippen LogP contribution in [0.5, 0.6) is 0 Å². The average molecular weight is 306 g/mol. The summed E-state index contributed by atoms with van der Waals surface area (Å²) in [5, 5.41) is 0. The summed E-state index contributed by atoms with van der Waals surface area (Å²) in [5.74, 6) is 0. The summed E-state index contributed by atoms with van der Waals surface area (Å²) < 4.78 is 5.15. The van der Waals surface area contributed by atoms with Crippen LogP contribution in [0.25, 0.3) is 0 Å². The van der Waals surface area contributed by atoms with E-state index in [4.69, 9.17) is 4.36 Å². The van der Waals surface area contributed by atoms with Crippen LogP contribution in [0.15, 0.2) is 110 Å². The second kappa shape index (κ2) is 6.71. The maximum atomic E-state index is 5.15. The van der Waals surface area contributed by atoms with Crippen LogP contribution in [0.2, 0.25) is 0 Å². The van der Waals surface area contributed by atoms with E-state index in [1.807, 2.05) is 0 Å². The molecular formula is C20H20NS+. The van der Waals surface area contributed by atoms with Gasteiger partial charge in [-0.1, -0.05) is 54.6 Å². The first-order valence-corrected chi connectivity index (χ1v) is 9.14. The third kappa shape index (κ3) is 2.62. The van der Waals surface area contributed by atoms with Gasteiger partial charge >= 0.3 is 0 Å². The number of hydrogen-bond acceptors (Lipinski definition) is 1. The van der Waals surface area contributed by atoms with Gasteiger partial charge in [0.05, 0.1) is 16.4 Å². The lowest BCUT2D eigenvalue weighted by atomic mass is 10.4.